The predicted molar refractivity (Wildman–Crippen MR) is 76.8 cm³/mol. The van der Waals surface area contributed by atoms with Crippen LogP contribution in [0.1, 0.15) is 26.4 Å². The van der Waals surface area contributed by atoms with Crippen molar-refractivity contribution in [2.45, 2.75) is 6.61 Å². The standard InChI is InChI=1S/C14H10BrNO5/c15-13-10(6-12(18)16-11(13)7-17)14(19)21-20-8-9-4-2-1-3-5-9/h1-7H,8H2,(H,16,18). The highest BCUT2D eigenvalue weighted by Crippen LogP contribution is 2.18. The van der Waals surface area contributed by atoms with Crippen molar-refractivity contribution in [2.75, 3.05) is 0 Å². The number of aromatic amines is 1. The van der Waals surface area contributed by atoms with Crippen LogP contribution in [-0.4, -0.2) is 17.2 Å². The summed E-state index contributed by atoms with van der Waals surface area (Å²) >= 11 is 3.06. The van der Waals surface area contributed by atoms with Crippen LogP contribution in [0.15, 0.2) is 45.7 Å². The second kappa shape index (κ2) is 6.96. The van der Waals surface area contributed by atoms with Crippen LogP contribution in [0, 0.1) is 0 Å². The monoisotopic (exact) mass is 351 g/mol. The molecule has 6 nitrogen and oxygen atoms in total. The van der Waals surface area contributed by atoms with Crippen LogP contribution in [0.5, 0.6) is 0 Å². The van der Waals surface area contributed by atoms with Gasteiger partial charge in [-0.15, -0.1) is 0 Å². The van der Waals surface area contributed by atoms with Gasteiger partial charge in [-0.3, -0.25) is 14.5 Å². The summed E-state index contributed by atoms with van der Waals surface area (Å²) in [5, 5.41) is 0. The van der Waals surface area contributed by atoms with Gasteiger partial charge >= 0.3 is 5.97 Å². The minimum Gasteiger partial charge on any atom is -0.319 e. The summed E-state index contributed by atoms with van der Waals surface area (Å²) in [6.07, 6.45) is 0.424. The summed E-state index contributed by atoms with van der Waals surface area (Å²) in [6, 6.07) is 10.1. The van der Waals surface area contributed by atoms with Gasteiger partial charge in [-0.05, 0) is 21.5 Å². The summed E-state index contributed by atoms with van der Waals surface area (Å²) < 4.78 is 0.144. The van der Waals surface area contributed by atoms with Crippen molar-refractivity contribution in [3.05, 3.63) is 68.0 Å². The van der Waals surface area contributed by atoms with E-state index in [0.29, 0.717) is 6.29 Å². The van der Waals surface area contributed by atoms with Crippen LogP contribution in [0.25, 0.3) is 0 Å². The maximum absolute atomic E-state index is 11.8. The van der Waals surface area contributed by atoms with E-state index >= 15 is 0 Å². The van der Waals surface area contributed by atoms with Crippen molar-refractivity contribution in [3.63, 3.8) is 0 Å². The van der Waals surface area contributed by atoms with Gasteiger partial charge in [0.25, 0.3) is 0 Å². The van der Waals surface area contributed by atoms with Crippen LogP contribution < -0.4 is 5.56 Å². The highest BCUT2D eigenvalue weighted by Gasteiger charge is 2.17. The Balaban J connectivity index is 2.05. The van der Waals surface area contributed by atoms with Gasteiger partial charge in [0, 0.05) is 6.07 Å². The molecule has 0 aliphatic carbocycles. The van der Waals surface area contributed by atoms with E-state index in [4.69, 9.17) is 4.89 Å². The van der Waals surface area contributed by atoms with Crippen LogP contribution in [0.3, 0.4) is 0 Å². The molecule has 2 rings (SSSR count). The third kappa shape index (κ3) is 3.87. The maximum Gasteiger partial charge on any atom is 0.374 e. The van der Waals surface area contributed by atoms with Gasteiger partial charge in [0.05, 0.1) is 15.7 Å². The van der Waals surface area contributed by atoms with E-state index in [1.54, 1.807) is 0 Å². The van der Waals surface area contributed by atoms with Gasteiger partial charge in [-0.1, -0.05) is 30.3 Å². The van der Waals surface area contributed by atoms with Crippen molar-refractivity contribution >= 4 is 28.2 Å². The molecule has 0 aliphatic heterocycles. The first-order chi connectivity index (χ1) is 10.1. The van der Waals surface area contributed by atoms with Gasteiger partial charge in [-0.2, -0.15) is 4.89 Å². The predicted octanol–water partition coefficient (Wildman–Crippen LogP) is 2.24. The second-order valence-electron chi connectivity index (χ2n) is 4.01. The largest absolute Gasteiger partial charge is 0.374 e. The first-order valence-corrected chi connectivity index (χ1v) is 6.67. The molecule has 0 amide bonds. The zero-order chi connectivity index (χ0) is 15.2. The molecule has 0 radical (unpaired) electrons. The number of hydrogen-bond acceptors (Lipinski definition) is 5. The normalized spacial score (nSPS) is 10.1. The molecule has 1 aromatic heterocycles. The zero-order valence-corrected chi connectivity index (χ0v) is 12.3. The number of carbonyl (C=O) groups excluding carboxylic acids is 2. The van der Waals surface area contributed by atoms with E-state index in [9.17, 15) is 14.4 Å². The van der Waals surface area contributed by atoms with E-state index in [-0.39, 0.29) is 22.3 Å². The number of aldehydes is 1. The van der Waals surface area contributed by atoms with Crippen molar-refractivity contribution in [1.29, 1.82) is 0 Å². The Morgan fingerprint density at radius 3 is 2.67 bits per heavy atom. The topological polar surface area (TPSA) is 85.5 Å². The summed E-state index contributed by atoms with van der Waals surface area (Å²) in [6.45, 7) is 0.0773. The average molecular weight is 352 g/mol. The first kappa shape index (κ1) is 15.1. The van der Waals surface area contributed by atoms with Gasteiger partial charge in [0.1, 0.15) is 6.61 Å². The molecule has 0 spiro atoms. The molecule has 0 bridgehead atoms. The summed E-state index contributed by atoms with van der Waals surface area (Å²) in [5.74, 6) is -0.869. The summed E-state index contributed by atoms with van der Waals surface area (Å²) in [4.78, 5) is 45.7. The molecule has 1 N–H and O–H groups in total. The molecule has 7 heteroatoms. The third-order valence-corrected chi connectivity index (χ3v) is 3.40. The lowest BCUT2D eigenvalue weighted by Crippen LogP contribution is -2.15. The van der Waals surface area contributed by atoms with E-state index < -0.39 is 11.5 Å². The smallest absolute Gasteiger partial charge is 0.319 e. The lowest BCUT2D eigenvalue weighted by atomic mass is 10.2. The molecular weight excluding hydrogens is 342 g/mol. The van der Waals surface area contributed by atoms with Gasteiger partial charge < -0.3 is 4.98 Å². The van der Waals surface area contributed by atoms with Crippen LogP contribution in [0.4, 0.5) is 0 Å². The first-order valence-electron chi connectivity index (χ1n) is 5.87. The molecule has 108 valence electrons. The zero-order valence-electron chi connectivity index (χ0n) is 10.7. The van der Waals surface area contributed by atoms with Crippen LogP contribution >= 0.6 is 15.9 Å². The molecule has 2 aromatic rings. The Morgan fingerprint density at radius 2 is 2.00 bits per heavy atom. The number of nitrogens with one attached hydrogen (secondary N) is 1. The number of carbonyl (C=O) groups is 2. The van der Waals surface area contributed by atoms with Crippen molar-refractivity contribution in [3.8, 4) is 0 Å². The molecule has 0 atom stereocenters. The Kier molecular flexibility index (Phi) is 5.02. The Hall–Kier alpha value is -2.25. The van der Waals surface area contributed by atoms with Gasteiger partial charge in [0.15, 0.2) is 6.29 Å². The van der Waals surface area contributed by atoms with Gasteiger partial charge in [0.2, 0.25) is 5.56 Å². The Bertz CT molecular complexity index is 711. The fraction of sp³-hybridized carbons (Fsp3) is 0.0714. The lowest BCUT2D eigenvalue weighted by Gasteiger charge is -2.06. The number of benzene rings is 1. The van der Waals surface area contributed by atoms with Crippen molar-refractivity contribution in [1.82, 2.24) is 4.98 Å². The maximum atomic E-state index is 11.8. The molecular formula is C14H10BrNO5. The Morgan fingerprint density at radius 1 is 1.29 bits per heavy atom. The molecule has 0 aliphatic rings. The van der Waals surface area contributed by atoms with E-state index in [2.05, 4.69) is 25.8 Å². The molecule has 0 saturated heterocycles. The number of rotatable bonds is 5. The minimum atomic E-state index is -0.869. The summed E-state index contributed by atoms with van der Waals surface area (Å²) in [5.41, 5.74) is 0.102. The van der Waals surface area contributed by atoms with Crippen LogP contribution in [0.2, 0.25) is 0 Å². The van der Waals surface area contributed by atoms with E-state index in [1.807, 2.05) is 30.3 Å². The van der Waals surface area contributed by atoms with Crippen LogP contribution in [-0.2, 0) is 16.4 Å². The molecule has 1 heterocycles. The average Bonchev–Trinajstić information content (AvgIpc) is 2.50. The van der Waals surface area contributed by atoms with Crippen molar-refractivity contribution < 1.29 is 19.4 Å². The third-order valence-electron chi connectivity index (χ3n) is 2.55. The number of halogens is 1. The second-order valence-corrected chi connectivity index (χ2v) is 4.80. The van der Waals surface area contributed by atoms with Gasteiger partial charge in [-0.25, -0.2) is 4.79 Å². The Labute approximate surface area is 127 Å². The number of aromatic nitrogens is 1. The quantitative estimate of drug-likeness (QED) is 0.507. The minimum absolute atomic E-state index is 0.0440. The van der Waals surface area contributed by atoms with E-state index in [0.717, 1.165) is 11.6 Å². The number of H-pyrrole nitrogens is 1. The number of pyridine rings is 1. The fourth-order valence-corrected chi connectivity index (χ4v) is 2.03. The highest BCUT2D eigenvalue weighted by molar-refractivity contribution is 9.10. The molecule has 0 saturated carbocycles. The fourth-order valence-electron chi connectivity index (χ4n) is 1.56. The molecule has 0 unspecified atom stereocenters. The highest BCUT2D eigenvalue weighted by atomic mass is 79.9. The van der Waals surface area contributed by atoms with E-state index in [1.165, 1.54) is 0 Å². The molecule has 1 aromatic carbocycles. The SMILES string of the molecule is O=Cc1[nH]c(=O)cc(C(=O)OOCc2ccccc2)c1Br. The number of hydrogen-bond donors (Lipinski definition) is 1. The molecule has 21 heavy (non-hydrogen) atoms. The molecule has 0 fully saturated rings. The lowest BCUT2D eigenvalue weighted by molar-refractivity contribution is -0.250. The summed E-state index contributed by atoms with van der Waals surface area (Å²) in [7, 11) is 0. The van der Waals surface area contributed by atoms with Crippen molar-refractivity contribution in [2.24, 2.45) is 0 Å².